The third-order valence-electron chi connectivity index (χ3n) is 2.81. The lowest BCUT2D eigenvalue weighted by Gasteiger charge is -2.00. The third-order valence-corrected chi connectivity index (χ3v) is 3.08. The first kappa shape index (κ1) is 9.60. The summed E-state index contributed by atoms with van der Waals surface area (Å²) in [6.07, 6.45) is 0.798. The smallest absolute Gasteiger partial charge is 0.160 e. The monoisotopic (exact) mass is 231 g/mol. The Balaban J connectivity index is 2.26. The van der Waals surface area contributed by atoms with Crippen LogP contribution in [-0.4, -0.2) is 15.9 Å². The van der Waals surface area contributed by atoms with Crippen LogP contribution in [0.25, 0.3) is 0 Å². The van der Waals surface area contributed by atoms with Crippen molar-refractivity contribution in [3.8, 4) is 0 Å². The molecule has 2 heterocycles. The van der Waals surface area contributed by atoms with Crippen molar-refractivity contribution in [2.75, 3.05) is 0 Å². The van der Waals surface area contributed by atoms with E-state index in [2.05, 4.69) is 21.3 Å². The van der Waals surface area contributed by atoms with E-state index in [0.717, 1.165) is 29.1 Å². The normalized spacial score (nSPS) is 13.8. The van der Waals surface area contributed by atoms with Crippen LogP contribution in [0.3, 0.4) is 0 Å². The summed E-state index contributed by atoms with van der Waals surface area (Å²) in [5, 5.41) is 7.50. The number of aromatic nitrogens is 2. The number of nitrogens with one attached hydrogen (secondary N) is 1. The van der Waals surface area contributed by atoms with Crippen LogP contribution in [0.5, 0.6) is 0 Å². The minimum Gasteiger partial charge on any atom is -0.280 e. The molecule has 0 radical (unpaired) electrons. The first-order valence-corrected chi connectivity index (χ1v) is 5.50. The molecule has 0 bridgehead atoms. The van der Waals surface area contributed by atoms with Gasteiger partial charge in [-0.3, -0.25) is 10.1 Å². The largest absolute Gasteiger partial charge is 0.280 e. The maximum Gasteiger partial charge on any atom is 0.160 e. The molecular weight excluding hydrogens is 222 g/mol. The lowest BCUT2D eigenvalue weighted by atomic mass is 10.1. The van der Waals surface area contributed by atoms with Crippen LogP contribution < -0.4 is 0 Å². The predicted molar refractivity (Wildman–Crippen MR) is 64.7 cm³/mol. The molecule has 0 unspecified atom stereocenters. The first-order chi connectivity index (χ1) is 7.75. The molecule has 4 heteroatoms. The third kappa shape index (κ3) is 1.36. The molecule has 1 N–H and O–H groups in total. The van der Waals surface area contributed by atoms with E-state index < -0.39 is 0 Å². The van der Waals surface area contributed by atoms with Crippen molar-refractivity contribution in [2.24, 2.45) is 4.99 Å². The summed E-state index contributed by atoms with van der Waals surface area (Å²) in [5.74, 6) is 0. The lowest BCUT2D eigenvalue weighted by molar-refractivity contribution is 0.997. The van der Waals surface area contributed by atoms with E-state index in [1.807, 2.05) is 25.1 Å². The fourth-order valence-electron chi connectivity index (χ4n) is 2.04. The molecule has 0 fully saturated rings. The van der Waals surface area contributed by atoms with Gasteiger partial charge < -0.3 is 0 Å². The van der Waals surface area contributed by atoms with Gasteiger partial charge in [-0.05, 0) is 18.6 Å². The average Bonchev–Trinajstić information content (AvgIpc) is 2.56. The Morgan fingerprint density at radius 3 is 3.00 bits per heavy atom. The van der Waals surface area contributed by atoms with Gasteiger partial charge in [-0.25, -0.2) is 0 Å². The molecule has 0 saturated carbocycles. The van der Waals surface area contributed by atoms with E-state index in [4.69, 9.17) is 11.6 Å². The zero-order valence-electron chi connectivity index (χ0n) is 8.79. The highest BCUT2D eigenvalue weighted by Crippen LogP contribution is 2.30. The number of aliphatic imine (C=N–C) groups is 1. The summed E-state index contributed by atoms with van der Waals surface area (Å²) in [6.45, 7) is 1.96. The van der Waals surface area contributed by atoms with E-state index >= 15 is 0 Å². The van der Waals surface area contributed by atoms with Crippen LogP contribution in [0.1, 0.15) is 23.7 Å². The fourth-order valence-corrected chi connectivity index (χ4v) is 2.34. The molecule has 80 valence electrons. The minimum absolute atomic E-state index is 0.504. The molecule has 0 aliphatic carbocycles. The van der Waals surface area contributed by atoms with E-state index in [-0.39, 0.29) is 0 Å². The zero-order chi connectivity index (χ0) is 11.1. The number of nitrogens with zero attached hydrogens (tertiary/aromatic N) is 2. The van der Waals surface area contributed by atoms with Crippen molar-refractivity contribution in [2.45, 2.75) is 13.3 Å². The standard InChI is InChI=1S/C12H10ClN3/c1-7-11-10(15-16-12(11)13)6-8-4-2-3-5-9(8)14-7/h2-5H,6H2,1H3,(H,15,16). The summed E-state index contributed by atoms with van der Waals surface area (Å²) in [4.78, 5) is 4.59. The van der Waals surface area contributed by atoms with E-state index in [9.17, 15) is 0 Å². The predicted octanol–water partition coefficient (Wildman–Crippen LogP) is 3.11. The zero-order valence-corrected chi connectivity index (χ0v) is 9.54. The Morgan fingerprint density at radius 2 is 2.12 bits per heavy atom. The van der Waals surface area contributed by atoms with Gasteiger partial charge in [0.1, 0.15) is 0 Å². The summed E-state index contributed by atoms with van der Waals surface area (Å²) in [7, 11) is 0. The van der Waals surface area contributed by atoms with Gasteiger partial charge in [0.15, 0.2) is 5.15 Å². The van der Waals surface area contributed by atoms with Gasteiger partial charge in [0, 0.05) is 6.42 Å². The van der Waals surface area contributed by atoms with Crippen molar-refractivity contribution in [1.82, 2.24) is 10.2 Å². The highest BCUT2D eigenvalue weighted by Gasteiger charge is 2.19. The van der Waals surface area contributed by atoms with E-state index in [1.54, 1.807) is 0 Å². The Morgan fingerprint density at radius 1 is 1.31 bits per heavy atom. The number of halogens is 1. The van der Waals surface area contributed by atoms with Crippen LogP contribution in [0, 0.1) is 0 Å². The topological polar surface area (TPSA) is 41.0 Å². The number of fused-ring (bicyclic) bond motifs is 2. The van der Waals surface area contributed by atoms with E-state index in [0.29, 0.717) is 5.15 Å². The molecule has 1 aliphatic rings. The summed E-state index contributed by atoms with van der Waals surface area (Å²) >= 11 is 6.04. The molecule has 0 saturated heterocycles. The quantitative estimate of drug-likeness (QED) is 0.744. The maximum atomic E-state index is 6.04. The van der Waals surface area contributed by atoms with E-state index in [1.165, 1.54) is 5.56 Å². The Hall–Kier alpha value is -1.61. The second kappa shape index (κ2) is 3.46. The van der Waals surface area contributed by atoms with Crippen LogP contribution in [0.4, 0.5) is 5.69 Å². The first-order valence-electron chi connectivity index (χ1n) is 5.12. The Kier molecular flexibility index (Phi) is 2.07. The van der Waals surface area contributed by atoms with Crippen LogP contribution in [0.15, 0.2) is 29.3 Å². The fraction of sp³-hybridized carbons (Fsp3) is 0.167. The SMILES string of the molecule is CC1=Nc2ccccc2Cc2[nH]nc(Cl)c21. The number of rotatable bonds is 0. The summed E-state index contributed by atoms with van der Waals surface area (Å²) in [5.41, 5.74) is 5.11. The molecule has 2 aromatic rings. The number of hydrogen-bond donors (Lipinski definition) is 1. The molecule has 1 aliphatic heterocycles. The molecule has 1 aromatic heterocycles. The molecule has 3 rings (SSSR count). The molecule has 16 heavy (non-hydrogen) atoms. The van der Waals surface area contributed by atoms with Gasteiger partial charge in [-0.1, -0.05) is 29.8 Å². The van der Waals surface area contributed by atoms with Gasteiger partial charge in [0.05, 0.1) is 22.7 Å². The number of benzene rings is 1. The molecular formula is C12H10ClN3. The highest BCUT2D eigenvalue weighted by atomic mass is 35.5. The number of H-pyrrole nitrogens is 1. The number of aromatic amines is 1. The van der Waals surface area contributed by atoms with Gasteiger partial charge in [-0.2, -0.15) is 5.10 Å². The van der Waals surface area contributed by atoms with Gasteiger partial charge in [-0.15, -0.1) is 0 Å². The molecule has 3 nitrogen and oxygen atoms in total. The van der Waals surface area contributed by atoms with Crippen molar-refractivity contribution in [3.63, 3.8) is 0 Å². The molecule has 0 spiro atoms. The van der Waals surface area contributed by atoms with Crippen molar-refractivity contribution >= 4 is 23.0 Å². The maximum absolute atomic E-state index is 6.04. The van der Waals surface area contributed by atoms with Crippen molar-refractivity contribution in [1.29, 1.82) is 0 Å². The lowest BCUT2D eigenvalue weighted by Crippen LogP contribution is -1.96. The molecule has 1 aromatic carbocycles. The number of para-hydroxylation sites is 1. The van der Waals surface area contributed by atoms with Gasteiger partial charge >= 0.3 is 0 Å². The van der Waals surface area contributed by atoms with Crippen LogP contribution >= 0.6 is 11.6 Å². The second-order valence-electron chi connectivity index (χ2n) is 3.87. The average molecular weight is 232 g/mol. The van der Waals surface area contributed by atoms with Gasteiger partial charge in [0.25, 0.3) is 0 Å². The van der Waals surface area contributed by atoms with Crippen molar-refractivity contribution < 1.29 is 0 Å². The summed E-state index contributed by atoms with van der Waals surface area (Å²) in [6, 6.07) is 8.11. The summed E-state index contributed by atoms with van der Waals surface area (Å²) < 4.78 is 0. The van der Waals surface area contributed by atoms with Gasteiger partial charge in [0.2, 0.25) is 0 Å². The second-order valence-corrected chi connectivity index (χ2v) is 4.23. The Labute approximate surface area is 98.2 Å². The van der Waals surface area contributed by atoms with Crippen LogP contribution in [-0.2, 0) is 6.42 Å². The van der Waals surface area contributed by atoms with Crippen molar-refractivity contribution in [3.05, 3.63) is 46.2 Å². The highest BCUT2D eigenvalue weighted by molar-refractivity contribution is 6.33. The Bertz CT molecular complexity index is 584. The van der Waals surface area contributed by atoms with Crippen LogP contribution in [0.2, 0.25) is 5.15 Å². The minimum atomic E-state index is 0.504. The number of hydrogen-bond acceptors (Lipinski definition) is 2. The molecule has 0 atom stereocenters. The molecule has 0 amide bonds.